The number of H-pyrrole nitrogens is 1. The van der Waals surface area contributed by atoms with E-state index >= 15 is 56.7 Å². The van der Waals surface area contributed by atoms with E-state index in [2.05, 4.69) is 52.8 Å². The normalized spacial score (nSPS) is 24.2. The Morgan fingerprint density at radius 3 is 1.75 bits per heavy atom. The molecule has 14 atom stereocenters. The van der Waals surface area contributed by atoms with Gasteiger partial charge in [0.25, 0.3) is 0 Å². The number of phenolic OH excluding ortho intramolecular Hbond substituents is 1. The summed E-state index contributed by atoms with van der Waals surface area (Å²) >= 11 is 0.690. The lowest BCUT2D eigenvalue weighted by atomic mass is 9.98. The number of fused-ring (bicyclic) bond motifs is 2. The molecule has 2 aliphatic heterocycles. The number of carboxylic acids is 1. The number of carbonyl (C=O) groups is 16. The average molecular weight is 1850 g/mol. The maximum atomic E-state index is 15.7. The third kappa shape index (κ3) is 28.5. The number of halogens is 3. The molecule has 15 amide bonds. The number of rotatable bonds is 25. The fraction of sp³-hybridized carbons (Fsp3) is 0.484. The van der Waals surface area contributed by atoms with Crippen LogP contribution in [0.15, 0.2) is 128 Å². The molecule has 0 radical (unpaired) electrons. The van der Waals surface area contributed by atoms with Crippen LogP contribution >= 0.6 is 11.8 Å². The Bertz CT molecular complexity index is 5090. The van der Waals surface area contributed by atoms with Gasteiger partial charge in [-0.3, -0.25) is 76.7 Å². The molecule has 712 valence electrons. The molecule has 3 heterocycles. The Balaban J connectivity index is 1.13. The lowest BCUT2D eigenvalue weighted by Crippen LogP contribution is -2.61. The molecule has 2 saturated heterocycles. The number of aromatic amines is 1. The number of carbonyl (C=O) groups excluding carboxylic acids is 15. The number of para-hydroxylation sites is 1. The van der Waals surface area contributed by atoms with E-state index in [9.17, 15) is 43.4 Å². The predicted molar refractivity (Wildman–Crippen MR) is 483 cm³/mol. The predicted octanol–water partition coefficient (Wildman–Crippen LogP) is 2.46. The minimum Gasteiger partial charge on any atom is -0.508 e. The summed E-state index contributed by atoms with van der Waals surface area (Å²) in [6.45, 7) is 6.64. The van der Waals surface area contributed by atoms with E-state index in [1.807, 2.05) is 0 Å². The van der Waals surface area contributed by atoms with Crippen molar-refractivity contribution in [1.82, 2.24) is 77.3 Å². The molecule has 3 unspecified atom stereocenters. The first-order valence-electron chi connectivity index (χ1n) is 44.3. The fourth-order valence-electron chi connectivity index (χ4n) is 16.4. The summed E-state index contributed by atoms with van der Waals surface area (Å²) in [5, 5.41) is 45.2. The molecule has 16 N–H and O–H groups in total. The number of carboxylic acid groups (broad SMARTS) is 1. The van der Waals surface area contributed by atoms with Crippen LogP contribution in [0.25, 0.3) is 10.9 Å². The van der Waals surface area contributed by atoms with E-state index in [0.29, 0.717) is 76.3 Å². The summed E-state index contributed by atoms with van der Waals surface area (Å²) in [6.07, 6.45) is 0.354. The molecule has 39 heteroatoms. The number of aliphatic carboxylic acids is 1. The van der Waals surface area contributed by atoms with Gasteiger partial charge in [0.1, 0.15) is 78.3 Å². The molecule has 0 bridgehead atoms. The highest BCUT2D eigenvalue weighted by atomic mass is 32.2. The van der Waals surface area contributed by atoms with E-state index in [4.69, 9.17) is 11.5 Å². The first kappa shape index (κ1) is 103. The Morgan fingerprint density at radius 1 is 0.568 bits per heavy atom. The molecule has 6 aromatic rings. The van der Waals surface area contributed by atoms with E-state index in [1.165, 1.54) is 50.3 Å². The van der Waals surface area contributed by atoms with Crippen molar-refractivity contribution >= 4 is 117 Å². The van der Waals surface area contributed by atoms with Gasteiger partial charge in [-0.05, 0) is 127 Å². The van der Waals surface area contributed by atoms with Gasteiger partial charge in [-0.25, -0.2) is 13.2 Å². The number of phenols is 1. The second-order valence-corrected chi connectivity index (χ2v) is 35.2. The van der Waals surface area contributed by atoms with Crippen LogP contribution in [0.5, 0.6) is 5.75 Å². The Labute approximate surface area is 767 Å². The van der Waals surface area contributed by atoms with Gasteiger partial charge in [-0.15, -0.1) is 11.8 Å². The van der Waals surface area contributed by atoms with Crippen molar-refractivity contribution in [2.75, 3.05) is 65.4 Å². The number of hydrogen-bond acceptors (Lipinski definition) is 19. The molecule has 0 spiro atoms. The lowest BCUT2D eigenvalue weighted by molar-refractivity contribution is -0.152. The summed E-state index contributed by atoms with van der Waals surface area (Å²) in [6, 6.07) is 11.7. The zero-order chi connectivity index (χ0) is 96.3. The van der Waals surface area contributed by atoms with Crippen LogP contribution in [0.1, 0.15) is 127 Å². The van der Waals surface area contributed by atoms with Gasteiger partial charge in [0.15, 0.2) is 17.5 Å². The standard InChI is InChI=1S/C93H120F3N17O18S/c1-9-11-29-72-92(130)112(36-10-2)49-76(116)101-68(46-78(118)119)85(123)107-80(52(3)4)93(131)110(7)73(43-54-22-14-12-15-23-54)87(125)103-65(28-20-35-97)90(128)113-37-21-30-71(113)86(124)105-67(45-58-47-99-64-27-19-18-26-60(58)64)83(121)104-66(41-56-31-33-59(114)34-32-56)84(122)108-81(61-38-53(61)5)88(126)106-70(82(120)100-48-75(98)115)50-132-51-77(117)102-69(42-57-39-62(94)79(96)63(95)40-57)89(127)111(8)74(91(129)109(72)6)44-55-24-16-13-17-25-55/h12-19,22-27,31-34,39-40,47,52-53,61,65-74,80-81,99,114H,9-11,20-21,28-30,35-38,41-46,48-51,97H2,1-8H3,(H2,98,115)(H,100,120)(H,101,116)(H,102,117)(H,103,125)(H,104,121)(H,105,124)(H,106,126)(H,107,123)(H,108,122)(H,118,119)/t53?,61?,65-,66-,67-,68-,69-,70-,71+,72-,73-,74?,80-,81-/m0/s1. The summed E-state index contributed by atoms with van der Waals surface area (Å²) in [7, 11) is 3.78. The van der Waals surface area contributed by atoms with Gasteiger partial charge in [-0.1, -0.05) is 138 Å². The van der Waals surface area contributed by atoms with Gasteiger partial charge in [0, 0.05) is 89.2 Å². The minimum absolute atomic E-state index is 0.0251. The molecule has 5 aromatic carbocycles. The highest BCUT2D eigenvalue weighted by molar-refractivity contribution is 8.00. The second-order valence-electron chi connectivity index (χ2n) is 34.2. The number of nitrogens with two attached hydrogens (primary N) is 2. The maximum Gasteiger partial charge on any atom is 0.305 e. The van der Waals surface area contributed by atoms with E-state index in [-0.39, 0.29) is 101 Å². The molecule has 35 nitrogen and oxygen atoms in total. The highest BCUT2D eigenvalue weighted by Crippen LogP contribution is 2.41. The number of hydrogen-bond donors (Lipinski definition) is 14. The van der Waals surface area contributed by atoms with Crippen molar-refractivity contribution in [3.05, 3.63) is 173 Å². The average Bonchev–Trinajstić information content (AvgIpc) is 1.73. The number of thioether (sulfide) groups is 1. The van der Waals surface area contributed by atoms with Crippen molar-refractivity contribution in [2.24, 2.45) is 29.2 Å². The smallest absolute Gasteiger partial charge is 0.305 e. The molecular weight excluding hydrogens is 1730 g/mol. The van der Waals surface area contributed by atoms with Gasteiger partial charge in [0.2, 0.25) is 88.6 Å². The molecule has 3 aliphatic rings. The van der Waals surface area contributed by atoms with Crippen LogP contribution in [-0.2, 0) is 109 Å². The maximum absolute atomic E-state index is 15.7. The summed E-state index contributed by atoms with van der Waals surface area (Å²) < 4.78 is 45.1. The Morgan fingerprint density at radius 2 is 1.14 bits per heavy atom. The summed E-state index contributed by atoms with van der Waals surface area (Å²) in [5.41, 5.74) is 13.7. The molecule has 132 heavy (non-hydrogen) atoms. The Kier molecular flexibility index (Phi) is 38.0. The Hall–Kier alpha value is -12.9. The number of amides is 15. The number of benzene rings is 5. The number of nitrogens with zero attached hydrogens (tertiary/aromatic N) is 5. The zero-order valence-corrected chi connectivity index (χ0v) is 76.0. The van der Waals surface area contributed by atoms with Crippen molar-refractivity contribution in [1.29, 1.82) is 0 Å². The van der Waals surface area contributed by atoms with Crippen LogP contribution in [0.3, 0.4) is 0 Å². The number of unbranched alkanes of at least 4 members (excludes halogenated alkanes) is 1. The summed E-state index contributed by atoms with van der Waals surface area (Å²) in [4.78, 5) is 246. The van der Waals surface area contributed by atoms with Crippen LogP contribution in [0.4, 0.5) is 13.2 Å². The van der Waals surface area contributed by atoms with Gasteiger partial charge in [0.05, 0.1) is 25.3 Å². The lowest BCUT2D eigenvalue weighted by Gasteiger charge is -2.37. The highest BCUT2D eigenvalue weighted by Gasteiger charge is 2.48. The first-order chi connectivity index (χ1) is 62.9. The van der Waals surface area contributed by atoms with Crippen LogP contribution in [-0.4, -0.2) is 272 Å². The number of aromatic hydroxyl groups is 1. The van der Waals surface area contributed by atoms with E-state index in [1.54, 1.807) is 126 Å². The van der Waals surface area contributed by atoms with E-state index in [0.717, 1.165) is 19.6 Å². The van der Waals surface area contributed by atoms with Crippen molar-refractivity contribution in [3.63, 3.8) is 0 Å². The molecule has 1 aliphatic carbocycles. The fourth-order valence-corrected chi connectivity index (χ4v) is 17.2. The number of aromatic nitrogens is 1. The largest absolute Gasteiger partial charge is 0.508 e. The number of likely N-dealkylation sites (N-methyl/N-ethyl adjacent to an activating group) is 3. The van der Waals surface area contributed by atoms with Gasteiger partial charge < -0.3 is 99.0 Å². The van der Waals surface area contributed by atoms with Crippen LogP contribution < -0.4 is 59.3 Å². The van der Waals surface area contributed by atoms with Crippen LogP contribution in [0.2, 0.25) is 0 Å². The van der Waals surface area contributed by atoms with Gasteiger partial charge >= 0.3 is 5.97 Å². The zero-order valence-electron chi connectivity index (χ0n) is 75.2. The molecule has 3 fully saturated rings. The quantitative estimate of drug-likeness (QED) is 0.0366. The van der Waals surface area contributed by atoms with Crippen molar-refractivity contribution in [2.45, 2.75) is 203 Å². The molecule has 1 saturated carbocycles. The molecular formula is C93H120F3N17O18S. The molecule has 9 rings (SSSR count). The second kappa shape index (κ2) is 48.8. The first-order valence-corrected chi connectivity index (χ1v) is 45.5. The third-order valence-corrected chi connectivity index (χ3v) is 24.9. The van der Waals surface area contributed by atoms with Crippen LogP contribution in [0, 0.1) is 35.2 Å². The van der Waals surface area contributed by atoms with Gasteiger partial charge in [-0.2, -0.15) is 0 Å². The van der Waals surface area contributed by atoms with Crippen molar-refractivity contribution in [3.8, 4) is 5.75 Å². The SMILES string of the molecule is CCCC[C@H]1C(=O)N(CCC)CC(=O)N[C@@H](CC(=O)O)C(=O)N[C@@H](C(C)C)C(=O)N(C)[C@@H](Cc2ccccc2)C(=O)N[C@@H](CCCN)C(=O)N2CCC[C@@H]2C(=O)N[C@@H](Cc2c[nH]c3ccccc23)C(=O)N[C@@H](Cc2ccc(O)cc2)C(=O)N[C@@H](C2CC2C)C(=O)N[C@H](C(=O)NCC(N)=O)CSCC(=O)N[C@@H](Cc2cc(F)c(F)c(F)c2)C(=O)N(C)C(Cc2ccccc2)C(=O)N1C. The topological polar surface area (TPSA) is 506 Å². The number of nitrogens with one attached hydrogen (secondary N) is 10. The van der Waals surface area contributed by atoms with Crippen molar-refractivity contribution < 1.29 is 100 Å². The summed E-state index contributed by atoms with van der Waals surface area (Å²) in [5.74, 6) is -24.0. The molecule has 1 aromatic heterocycles. The third-order valence-electron chi connectivity index (χ3n) is 23.9. The van der Waals surface area contributed by atoms with E-state index < -0.39 is 234 Å². The monoisotopic (exact) mass is 1850 g/mol. The minimum atomic E-state index is -1.94. The number of primary amides is 1.